The van der Waals surface area contributed by atoms with Gasteiger partial charge < -0.3 is 9.64 Å². The standard InChI is InChI=1S/C32H33Cl2N3O6S/c1-42-32(40)20-9-7-8-19(16-20)18-43-35-30(38)28-22-10-3-4-11-23(22)31(39)37(27-13-6-5-12-26(27)36-44(2)41)29(28)24-15-14-21(33)17-25(24)34/h3-4,7-11,14-17,26-29,36H,5-6,12-13,18H2,1-2H3,(H,35,38)/t26-,27?,28+,29-,44?/m1/s1. The normalized spacial score (nSPS) is 22.2. The Morgan fingerprint density at radius 2 is 1.77 bits per heavy atom. The molecule has 232 valence electrons. The number of benzene rings is 3. The van der Waals surface area contributed by atoms with Crippen LogP contribution in [0, 0.1) is 0 Å². The average Bonchev–Trinajstić information content (AvgIpc) is 3.01. The maximum Gasteiger partial charge on any atom is 0.337 e. The molecule has 2 amide bonds. The molecule has 0 saturated heterocycles. The number of rotatable bonds is 9. The number of hydrogen-bond acceptors (Lipinski definition) is 6. The van der Waals surface area contributed by atoms with Crippen LogP contribution >= 0.6 is 23.2 Å². The summed E-state index contributed by atoms with van der Waals surface area (Å²) in [5.41, 5.74) is 5.10. The van der Waals surface area contributed by atoms with E-state index < -0.39 is 34.8 Å². The van der Waals surface area contributed by atoms with Gasteiger partial charge in [-0.1, -0.05) is 72.4 Å². The van der Waals surface area contributed by atoms with Crippen molar-refractivity contribution in [3.8, 4) is 0 Å². The third kappa shape index (κ3) is 6.84. The van der Waals surface area contributed by atoms with Crippen LogP contribution in [0.15, 0.2) is 66.7 Å². The van der Waals surface area contributed by atoms with Crippen LogP contribution < -0.4 is 10.2 Å². The van der Waals surface area contributed by atoms with E-state index in [4.69, 9.17) is 32.8 Å². The Labute approximate surface area is 268 Å². The Bertz CT molecular complexity index is 1590. The monoisotopic (exact) mass is 657 g/mol. The summed E-state index contributed by atoms with van der Waals surface area (Å²) in [4.78, 5) is 47.9. The zero-order valence-corrected chi connectivity index (χ0v) is 26.6. The van der Waals surface area contributed by atoms with Crippen LogP contribution in [0.3, 0.4) is 0 Å². The van der Waals surface area contributed by atoms with E-state index in [0.29, 0.717) is 44.3 Å². The number of nitrogens with one attached hydrogen (secondary N) is 2. The fraction of sp³-hybridized carbons (Fsp3) is 0.344. The minimum atomic E-state index is -1.31. The summed E-state index contributed by atoms with van der Waals surface area (Å²) in [5.74, 6) is -2.10. The molecule has 0 radical (unpaired) electrons. The van der Waals surface area contributed by atoms with Gasteiger partial charge in [0.2, 0.25) is 0 Å². The van der Waals surface area contributed by atoms with Crippen molar-refractivity contribution in [2.45, 2.75) is 56.3 Å². The van der Waals surface area contributed by atoms with Crippen LogP contribution in [-0.4, -0.2) is 52.3 Å². The maximum absolute atomic E-state index is 14.3. The number of hydroxylamine groups is 1. The second-order valence-corrected chi connectivity index (χ2v) is 12.9. The van der Waals surface area contributed by atoms with E-state index in [1.54, 1.807) is 77.9 Å². The van der Waals surface area contributed by atoms with E-state index >= 15 is 0 Å². The second-order valence-electron chi connectivity index (χ2n) is 10.9. The van der Waals surface area contributed by atoms with Gasteiger partial charge in [0.05, 0.1) is 42.2 Å². The summed E-state index contributed by atoms with van der Waals surface area (Å²) in [7, 11) is -0.00922. The molecule has 2 unspecified atom stereocenters. The van der Waals surface area contributed by atoms with Crippen molar-refractivity contribution in [3.05, 3.63) is 105 Å². The lowest BCUT2D eigenvalue weighted by Crippen LogP contribution is -2.58. The van der Waals surface area contributed by atoms with Crippen LogP contribution in [0.2, 0.25) is 10.0 Å². The molecule has 0 bridgehead atoms. The van der Waals surface area contributed by atoms with Crippen molar-refractivity contribution in [2.24, 2.45) is 0 Å². The van der Waals surface area contributed by atoms with Crippen molar-refractivity contribution in [3.63, 3.8) is 0 Å². The van der Waals surface area contributed by atoms with E-state index in [-0.39, 0.29) is 24.6 Å². The topological polar surface area (TPSA) is 114 Å². The molecule has 1 heterocycles. The van der Waals surface area contributed by atoms with E-state index in [0.717, 1.165) is 19.3 Å². The summed E-state index contributed by atoms with van der Waals surface area (Å²) in [6.07, 6.45) is 4.75. The predicted octanol–water partition coefficient (Wildman–Crippen LogP) is 5.50. The summed E-state index contributed by atoms with van der Waals surface area (Å²) in [6.45, 7) is -0.0170. The van der Waals surface area contributed by atoms with Crippen LogP contribution in [0.25, 0.3) is 0 Å². The summed E-state index contributed by atoms with van der Waals surface area (Å²) < 4.78 is 20.2. The number of methoxy groups -OCH3 is 1. The first-order valence-electron chi connectivity index (χ1n) is 14.2. The minimum absolute atomic E-state index is 0.0170. The van der Waals surface area contributed by atoms with Gasteiger partial charge in [0.15, 0.2) is 0 Å². The zero-order valence-electron chi connectivity index (χ0n) is 24.3. The van der Waals surface area contributed by atoms with Gasteiger partial charge in [-0.25, -0.2) is 19.2 Å². The molecule has 0 spiro atoms. The van der Waals surface area contributed by atoms with Crippen LogP contribution in [0.4, 0.5) is 0 Å². The molecule has 1 fully saturated rings. The number of hydrogen-bond donors (Lipinski definition) is 2. The van der Waals surface area contributed by atoms with Crippen molar-refractivity contribution < 1.29 is 28.2 Å². The molecule has 5 atom stereocenters. The molecule has 3 aromatic rings. The first kappa shape index (κ1) is 32.1. The van der Waals surface area contributed by atoms with Gasteiger partial charge in [-0.15, -0.1) is 0 Å². The third-order valence-corrected chi connectivity index (χ3v) is 9.30. The molecular formula is C32H33Cl2N3O6S. The highest BCUT2D eigenvalue weighted by Gasteiger charge is 2.49. The number of amides is 2. The minimum Gasteiger partial charge on any atom is -0.465 e. The molecule has 9 nitrogen and oxygen atoms in total. The smallest absolute Gasteiger partial charge is 0.337 e. The third-order valence-electron chi connectivity index (χ3n) is 8.10. The number of halogens is 2. The van der Waals surface area contributed by atoms with Gasteiger partial charge in [-0.05, 0) is 59.9 Å². The van der Waals surface area contributed by atoms with E-state index in [9.17, 15) is 18.6 Å². The Kier molecular flexibility index (Phi) is 10.4. The predicted molar refractivity (Wildman–Crippen MR) is 169 cm³/mol. The fourth-order valence-electron chi connectivity index (χ4n) is 6.23. The summed E-state index contributed by atoms with van der Waals surface area (Å²) in [5, 5.41) is 0.738. The first-order valence-corrected chi connectivity index (χ1v) is 16.6. The van der Waals surface area contributed by atoms with Crippen LogP contribution in [-0.2, 0) is 32.0 Å². The van der Waals surface area contributed by atoms with E-state index in [2.05, 4.69) is 10.2 Å². The molecule has 1 saturated carbocycles. The van der Waals surface area contributed by atoms with Crippen molar-refractivity contribution in [2.75, 3.05) is 13.4 Å². The largest absolute Gasteiger partial charge is 0.465 e. The number of carbonyl (C=O) groups is 3. The quantitative estimate of drug-likeness (QED) is 0.232. The highest BCUT2D eigenvalue weighted by Crippen LogP contribution is 2.47. The lowest BCUT2D eigenvalue weighted by molar-refractivity contribution is -0.138. The van der Waals surface area contributed by atoms with Gasteiger partial charge in [0.25, 0.3) is 11.8 Å². The number of esters is 1. The maximum atomic E-state index is 14.3. The molecule has 5 rings (SSSR count). The van der Waals surface area contributed by atoms with E-state index in [1.807, 2.05) is 0 Å². The fourth-order valence-corrected chi connectivity index (χ4v) is 7.45. The van der Waals surface area contributed by atoms with Crippen LogP contribution in [0.1, 0.15) is 75.0 Å². The van der Waals surface area contributed by atoms with Crippen molar-refractivity contribution in [1.82, 2.24) is 15.1 Å². The highest BCUT2D eigenvalue weighted by atomic mass is 35.5. The summed E-state index contributed by atoms with van der Waals surface area (Å²) >= 11 is 13.0. The molecule has 12 heteroatoms. The first-order chi connectivity index (χ1) is 21.2. The van der Waals surface area contributed by atoms with Gasteiger partial charge in [0, 0.05) is 33.9 Å². The second kappa shape index (κ2) is 14.2. The average molecular weight is 659 g/mol. The Hall–Kier alpha value is -3.28. The molecular weight excluding hydrogens is 625 g/mol. The summed E-state index contributed by atoms with van der Waals surface area (Å²) in [6, 6.07) is 17.3. The molecule has 44 heavy (non-hydrogen) atoms. The number of ether oxygens (including phenoxy) is 1. The Balaban J connectivity index is 1.54. The van der Waals surface area contributed by atoms with Gasteiger partial charge in [-0.3, -0.25) is 14.4 Å². The number of carbonyl (C=O) groups excluding carboxylic acids is 3. The molecule has 1 aliphatic heterocycles. The number of nitrogens with zero attached hydrogens (tertiary/aromatic N) is 1. The molecule has 2 aliphatic rings. The van der Waals surface area contributed by atoms with Crippen molar-refractivity contribution >= 4 is 52.0 Å². The highest BCUT2D eigenvalue weighted by molar-refractivity contribution is 7.82. The molecule has 2 N–H and O–H groups in total. The zero-order chi connectivity index (χ0) is 31.4. The lowest BCUT2D eigenvalue weighted by atomic mass is 9.76. The van der Waals surface area contributed by atoms with Gasteiger partial charge >= 0.3 is 5.97 Å². The van der Waals surface area contributed by atoms with Crippen molar-refractivity contribution in [1.29, 1.82) is 0 Å². The molecule has 0 aromatic heterocycles. The Morgan fingerprint density at radius 1 is 1.00 bits per heavy atom. The van der Waals surface area contributed by atoms with E-state index in [1.165, 1.54) is 7.11 Å². The molecule has 1 aliphatic carbocycles. The lowest BCUT2D eigenvalue weighted by Gasteiger charge is -2.49. The molecule has 3 aromatic carbocycles. The van der Waals surface area contributed by atoms with Gasteiger partial charge in [-0.2, -0.15) is 0 Å². The Morgan fingerprint density at radius 3 is 2.52 bits per heavy atom. The number of fused-ring (bicyclic) bond motifs is 1. The SMILES string of the molecule is COC(=O)c1cccc(CONC(=O)[C@H]2c3ccccc3C(=O)N(C3CCCC[C@H]3NS(C)=O)[C@@H]2c2ccc(Cl)cc2Cl)c1. The van der Waals surface area contributed by atoms with Gasteiger partial charge in [0.1, 0.15) is 0 Å². The van der Waals surface area contributed by atoms with Crippen LogP contribution in [0.5, 0.6) is 0 Å².